The Kier molecular flexibility index (Phi) is 5.64. The van der Waals surface area contributed by atoms with E-state index < -0.39 is 0 Å². The Labute approximate surface area is 231 Å². The van der Waals surface area contributed by atoms with Gasteiger partial charge in [-0.3, -0.25) is 0 Å². The summed E-state index contributed by atoms with van der Waals surface area (Å²) in [6.45, 7) is 0. The van der Waals surface area contributed by atoms with E-state index in [9.17, 15) is 0 Å². The predicted octanol–water partition coefficient (Wildman–Crippen LogP) is 7.41. The van der Waals surface area contributed by atoms with E-state index >= 15 is 0 Å². The molecule has 0 spiro atoms. The van der Waals surface area contributed by atoms with Crippen LogP contribution in [0.2, 0.25) is 0 Å². The molecule has 0 saturated heterocycles. The number of benzene rings is 5. The van der Waals surface area contributed by atoms with Gasteiger partial charge >= 0.3 is 0 Å². The highest BCUT2D eigenvalue weighted by molar-refractivity contribution is 5.96. The van der Waals surface area contributed by atoms with Crippen molar-refractivity contribution in [2.45, 2.75) is 0 Å². The largest absolute Gasteiger partial charge is 0.399 e. The molecule has 0 fully saturated rings. The van der Waals surface area contributed by atoms with Crippen LogP contribution in [0, 0.1) is 0 Å². The van der Waals surface area contributed by atoms with Crippen LogP contribution in [0.3, 0.4) is 0 Å². The number of nitrogen functional groups attached to an aromatic ring is 2. The van der Waals surface area contributed by atoms with E-state index in [1.165, 1.54) is 0 Å². The van der Waals surface area contributed by atoms with Crippen molar-refractivity contribution in [1.29, 1.82) is 0 Å². The van der Waals surface area contributed by atoms with E-state index in [0.29, 0.717) is 23.0 Å². The fraction of sp³-hybridized carbons (Fsp3) is 0. The number of hydrogen-bond acceptors (Lipinski definition) is 6. The maximum atomic E-state index is 6.11. The van der Waals surface area contributed by atoms with Crippen molar-refractivity contribution in [3.8, 4) is 45.3 Å². The molecule has 2 heterocycles. The summed E-state index contributed by atoms with van der Waals surface area (Å²) in [5.74, 6) is 1.25. The molecule has 0 bridgehead atoms. The van der Waals surface area contributed by atoms with Crippen LogP contribution in [-0.2, 0) is 0 Å². The van der Waals surface area contributed by atoms with Gasteiger partial charge in [0.1, 0.15) is 0 Å². The van der Waals surface area contributed by atoms with Gasteiger partial charge in [-0.25, -0.2) is 19.9 Å². The van der Waals surface area contributed by atoms with Crippen LogP contribution in [0.4, 0.5) is 11.4 Å². The van der Waals surface area contributed by atoms with Gasteiger partial charge in [-0.1, -0.05) is 84.9 Å². The summed E-state index contributed by atoms with van der Waals surface area (Å²) in [5.41, 5.74) is 20.7. The third-order valence-corrected chi connectivity index (χ3v) is 6.94. The van der Waals surface area contributed by atoms with Crippen molar-refractivity contribution < 1.29 is 0 Å². The Morgan fingerprint density at radius 2 is 0.775 bits per heavy atom. The van der Waals surface area contributed by atoms with E-state index in [1.807, 2.05) is 97.1 Å². The van der Waals surface area contributed by atoms with Gasteiger partial charge in [-0.15, -0.1) is 0 Å². The molecule has 190 valence electrons. The quantitative estimate of drug-likeness (QED) is 0.236. The van der Waals surface area contributed by atoms with Gasteiger partial charge in [-0.2, -0.15) is 0 Å². The van der Waals surface area contributed by atoms with E-state index in [-0.39, 0.29) is 0 Å². The first-order valence-corrected chi connectivity index (χ1v) is 13.0. The van der Waals surface area contributed by atoms with Crippen molar-refractivity contribution in [3.63, 3.8) is 0 Å². The second kappa shape index (κ2) is 9.60. The van der Waals surface area contributed by atoms with Crippen LogP contribution in [0.15, 0.2) is 121 Å². The minimum Gasteiger partial charge on any atom is -0.399 e. The molecule has 2 aromatic heterocycles. The summed E-state index contributed by atoms with van der Waals surface area (Å²) in [5, 5.41) is 1.91. The number of rotatable bonds is 4. The second-order valence-corrected chi connectivity index (χ2v) is 9.65. The highest BCUT2D eigenvalue weighted by Gasteiger charge is 2.14. The first-order chi connectivity index (χ1) is 19.6. The maximum absolute atomic E-state index is 6.11. The Morgan fingerprint density at radius 3 is 1.18 bits per heavy atom. The molecule has 6 heteroatoms. The molecule has 0 aliphatic rings. The molecule has 0 unspecified atom stereocenters. The first kappa shape index (κ1) is 23.5. The summed E-state index contributed by atoms with van der Waals surface area (Å²) < 4.78 is 0. The fourth-order valence-electron chi connectivity index (χ4n) is 4.95. The molecule has 0 saturated carbocycles. The van der Waals surface area contributed by atoms with Crippen LogP contribution in [0.5, 0.6) is 0 Å². The van der Waals surface area contributed by atoms with E-state index in [2.05, 4.69) is 24.3 Å². The van der Waals surface area contributed by atoms with Gasteiger partial charge in [0.2, 0.25) is 0 Å². The lowest BCUT2D eigenvalue weighted by Gasteiger charge is -2.11. The minimum absolute atomic E-state index is 0.626. The number of nitrogens with two attached hydrogens (primary N) is 2. The van der Waals surface area contributed by atoms with Crippen molar-refractivity contribution in [2.24, 2.45) is 0 Å². The number of nitrogens with zero attached hydrogens (tertiary/aromatic N) is 4. The maximum Gasteiger partial charge on any atom is 0.160 e. The van der Waals surface area contributed by atoms with Gasteiger partial charge in [0.25, 0.3) is 0 Å². The SMILES string of the molecule is Nc1ccc2c(-c3ccccc3)nc(-c3ccc(-c4nc(-c5ccccc5)c5ccc(N)cc5n4)cc3)nc2c1. The lowest BCUT2D eigenvalue weighted by atomic mass is 10.0. The predicted molar refractivity (Wildman–Crippen MR) is 163 cm³/mol. The topological polar surface area (TPSA) is 104 Å². The van der Waals surface area contributed by atoms with Gasteiger partial charge < -0.3 is 11.5 Å². The smallest absolute Gasteiger partial charge is 0.160 e. The fourth-order valence-corrected chi connectivity index (χ4v) is 4.95. The molecule has 7 aromatic rings. The Morgan fingerprint density at radius 1 is 0.375 bits per heavy atom. The lowest BCUT2D eigenvalue weighted by molar-refractivity contribution is 1.22. The van der Waals surface area contributed by atoms with Gasteiger partial charge in [0, 0.05) is 44.4 Å². The Balaban J connectivity index is 1.34. The third-order valence-electron chi connectivity index (χ3n) is 6.94. The molecule has 7 rings (SSSR count). The van der Waals surface area contributed by atoms with Crippen molar-refractivity contribution in [1.82, 2.24) is 19.9 Å². The molecular formula is C34H24N6. The zero-order valence-electron chi connectivity index (χ0n) is 21.5. The summed E-state index contributed by atoms with van der Waals surface area (Å²) >= 11 is 0. The van der Waals surface area contributed by atoms with E-state index in [0.717, 1.165) is 55.4 Å². The molecular weight excluding hydrogens is 492 g/mol. The van der Waals surface area contributed by atoms with Crippen LogP contribution in [0.1, 0.15) is 0 Å². The molecule has 0 aliphatic heterocycles. The van der Waals surface area contributed by atoms with Crippen LogP contribution in [-0.4, -0.2) is 19.9 Å². The van der Waals surface area contributed by atoms with Gasteiger partial charge in [-0.05, 0) is 36.4 Å². The zero-order chi connectivity index (χ0) is 27.1. The summed E-state index contributed by atoms with van der Waals surface area (Å²) in [6.07, 6.45) is 0. The Hall–Kier alpha value is -5.62. The molecule has 0 amide bonds. The molecule has 40 heavy (non-hydrogen) atoms. The number of anilines is 2. The highest BCUT2D eigenvalue weighted by Crippen LogP contribution is 2.33. The molecule has 6 nitrogen and oxygen atoms in total. The van der Waals surface area contributed by atoms with E-state index in [4.69, 9.17) is 31.4 Å². The van der Waals surface area contributed by atoms with Crippen molar-refractivity contribution in [2.75, 3.05) is 11.5 Å². The van der Waals surface area contributed by atoms with Gasteiger partial charge in [0.15, 0.2) is 11.6 Å². The minimum atomic E-state index is 0.626. The van der Waals surface area contributed by atoms with Gasteiger partial charge in [0.05, 0.1) is 22.4 Å². The molecule has 0 atom stereocenters. The van der Waals surface area contributed by atoms with E-state index in [1.54, 1.807) is 0 Å². The number of aromatic nitrogens is 4. The summed E-state index contributed by atoms with van der Waals surface area (Å²) in [7, 11) is 0. The normalized spacial score (nSPS) is 11.2. The molecule has 4 N–H and O–H groups in total. The van der Waals surface area contributed by atoms with Crippen molar-refractivity contribution in [3.05, 3.63) is 121 Å². The summed E-state index contributed by atoms with van der Waals surface area (Å²) in [6, 6.07) is 39.8. The standard InChI is InChI=1S/C34H24N6/c35-25-15-17-27-29(19-25)37-33(39-31(27)21-7-3-1-4-8-21)23-11-13-24(14-12-23)34-38-30-20-26(36)16-18-28(30)32(40-34)22-9-5-2-6-10-22/h1-20H,35-36H2. The van der Waals surface area contributed by atoms with Crippen LogP contribution in [0.25, 0.3) is 67.1 Å². The highest BCUT2D eigenvalue weighted by atomic mass is 14.9. The second-order valence-electron chi connectivity index (χ2n) is 9.65. The average molecular weight is 517 g/mol. The monoisotopic (exact) mass is 516 g/mol. The first-order valence-electron chi connectivity index (χ1n) is 13.0. The zero-order valence-corrected chi connectivity index (χ0v) is 21.5. The Bertz CT molecular complexity index is 1860. The van der Waals surface area contributed by atoms with Crippen LogP contribution < -0.4 is 11.5 Å². The number of hydrogen-bond donors (Lipinski definition) is 2. The third kappa shape index (κ3) is 4.27. The van der Waals surface area contributed by atoms with Crippen LogP contribution >= 0.6 is 0 Å². The average Bonchev–Trinajstić information content (AvgIpc) is 3.00. The van der Waals surface area contributed by atoms with Crippen molar-refractivity contribution >= 4 is 33.2 Å². The lowest BCUT2D eigenvalue weighted by Crippen LogP contribution is -1.97. The molecule has 0 radical (unpaired) electrons. The summed E-state index contributed by atoms with van der Waals surface area (Å²) in [4.78, 5) is 19.7. The number of fused-ring (bicyclic) bond motifs is 2. The molecule has 5 aromatic carbocycles. The molecule has 0 aliphatic carbocycles.